The van der Waals surface area contributed by atoms with Gasteiger partial charge in [-0.05, 0) is 70.9 Å². The van der Waals surface area contributed by atoms with Crippen LogP contribution >= 0.6 is 0 Å². The molecule has 0 aromatic rings. The maximum Gasteiger partial charge on any atom is 0.312 e. The van der Waals surface area contributed by atoms with Gasteiger partial charge in [-0.3, -0.25) is 4.79 Å². The standard InChI is InChI=1S/C16H29NO2/c1-12-6-4-8-14(10-12)19-15(18)16(2,3)13-7-5-9-17-11-13/h12-14,17H,4-11H2,1-3H3. The predicted octanol–water partition coefficient (Wildman–Crippen LogP) is 3.13. The Hall–Kier alpha value is -0.570. The highest BCUT2D eigenvalue weighted by molar-refractivity contribution is 5.76. The molecule has 3 atom stereocenters. The fraction of sp³-hybridized carbons (Fsp3) is 0.938. The summed E-state index contributed by atoms with van der Waals surface area (Å²) in [5.41, 5.74) is -0.353. The molecule has 0 aromatic carbocycles. The topological polar surface area (TPSA) is 38.3 Å². The van der Waals surface area contributed by atoms with Crippen molar-refractivity contribution in [3.8, 4) is 0 Å². The lowest BCUT2D eigenvalue weighted by molar-refractivity contribution is -0.165. The largest absolute Gasteiger partial charge is 0.462 e. The number of nitrogens with one attached hydrogen (secondary N) is 1. The maximum atomic E-state index is 12.5. The minimum atomic E-state index is -0.353. The van der Waals surface area contributed by atoms with E-state index in [0.29, 0.717) is 11.8 Å². The molecule has 1 aliphatic heterocycles. The van der Waals surface area contributed by atoms with Crippen molar-refractivity contribution >= 4 is 5.97 Å². The summed E-state index contributed by atoms with van der Waals surface area (Å²) in [6.07, 6.45) is 7.04. The third kappa shape index (κ3) is 3.71. The average Bonchev–Trinajstić information content (AvgIpc) is 2.39. The summed E-state index contributed by atoms with van der Waals surface area (Å²) in [7, 11) is 0. The van der Waals surface area contributed by atoms with Crippen LogP contribution in [0.25, 0.3) is 0 Å². The van der Waals surface area contributed by atoms with Gasteiger partial charge in [-0.25, -0.2) is 0 Å². The Bertz CT molecular complexity index is 308. The van der Waals surface area contributed by atoms with Gasteiger partial charge in [-0.1, -0.05) is 13.3 Å². The van der Waals surface area contributed by atoms with Gasteiger partial charge in [-0.2, -0.15) is 0 Å². The van der Waals surface area contributed by atoms with E-state index >= 15 is 0 Å². The molecule has 2 fully saturated rings. The van der Waals surface area contributed by atoms with Gasteiger partial charge in [0.05, 0.1) is 5.41 Å². The minimum absolute atomic E-state index is 0.0142. The lowest BCUT2D eigenvalue weighted by atomic mass is 9.75. The van der Waals surface area contributed by atoms with Crippen LogP contribution in [-0.2, 0) is 9.53 Å². The zero-order valence-electron chi connectivity index (χ0n) is 12.7. The molecule has 3 nitrogen and oxygen atoms in total. The van der Waals surface area contributed by atoms with Crippen LogP contribution in [0.3, 0.4) is 0 Å². The molecule has 1 aliphatic carbocycles. The molecule has 1 N–H and O–H groups in total. The van der Waals surface area contributed by atoms with Crippen molar-refractivity contribution in [3.63, 3.8) is 0 Å². The molecule has 3 heteroatoms. The smallest absolute Gasteiger partial charge is 0.312 e. The zero-order valence-corrected chi connectivity index (χ0v) is 12.7. The number of rotatable bonds is 3. The lowest BCUT2D eigenvalue weighted by Gasteiger charge is -2.37. The van der Waals surface area contributed by atoms with Crippen LogP contribution in [0.2, 0.25) is 0 Å². The number of esters is 1. The van der Waals surface area contributed by atoms with Gasteiger partial charge in [0, 0.05) is 0 Å². The molecular formula is C16H29NO2. The van der Waals surface area contributed by atoms with Crippen LogP contribution in [0.4, 0.5) is 0 Å². The van der Waals surface area contributed by atoms with Crippen LogP contribution in [0.5, 0.6) is 0 Å². The molecule has 3 unspecified atom stereocenters. The predicted molar refractivity (Wildman–Crippen MR) is 76.9 cm³/mol. The van der Waals surface area contributed by atoms with Crippen LogP contribution in [0.1, 0.15) is 59.3 Å². The van der Waals surface area contributed by atoms with Gasteiger partial charge >= 0.3 is 5.97 Å². The number of carbonyl (C=O) groups is 1. The molecule has 2 aliphatic rings. The Labute approximate surface area is 117 Å². The van der Waals surface area contributed by atoms with E-state index in [1.165, 1.54) is 19.3 Å². The van der Waals surface area contributed by atoms with Gasteiger partial charge in [0.2, 0.25) is 0 Å². The summed E-state index contributed by atoms with van der Waals surface area (Å²) in [4.78, 5) is 12.5. The molecule has 0 spiro atoms. The monoisotopic (exact) mass is 267 g/mol. The zero-order chi connectivity index (χ0) is 13.9. The minimum Gasteiger partial charge on any atom is -0.462 e. The van der Waals surface area contributed by atoms with Crippen molar-refractivity contribution in [2.75, 3.05) is 13.1 Å². The molecule has 2 rings (SSSR count). The van der Waals surface area contributed by atoms with E-state index < -0.39 is 0 Å². The van der Waals surface area contributed by atoms with E-state index in [2.05, 4.69) is 26.1 Å². The Morgan fingerprint density at radius 2 is 2.00 bits per heavy atom. The summed E-state index contributed by atoms with van der Waals surface area (Å²) in [6.45, 7) is 8.40. The van der Waals surface area contributed by atoms with Crippen molar-refractivity contribution < 1.29 is 9.53 Å². The van der Waals surface area contributed by atoms with Crippen molar-refractivity contribution in [1.82, 2.24) is 5.32 Å². The highest BCUT2D eigenvalue weighted by Crippen LogP contribution is 2.35. The number of piperidine rings is 1. The Kier molecular flexibility index (Phi) is 4.88. The van der Waals surface area contributed by atoms with Crippen molar-refractivity contribution in [3.05, 3.63) is 0 Å². The van der Waals surface area contributed by atoms with Crippen molar-refractivity contribution in [2.45, 2.75) is 65.4 Å². The van der Waals surface area contributed by atoms with Gasteiger partial charge in [-0.15, -0.1) is 0 Å². The van der Waals surface area contributed by atoms with Crippen LogP contribution in [0, 0.1) is 17.3 Å². The number of carbonyl (C=O) groups excluding carboxylic acids is 1. The summed E-state index contributed by atoms with van der Waals surface area (Å²) in [6, 6.07) is 0. The summed E-state index contributed by atoms with van der Waals surface area (Å²) < 4.78 is 5.81. The van der Waals surface area contributed by atoms with E-state index in [0.717, 1.165) is 32.4 Å². The fourth-order valence-electron chi connectivity index (χ4n) is 3.42. The summed E-state index contributed by atoms with van der Waals surface area (Å²) >= 11 is 0. The quantitative estimate of drug-likeness (QED) is 0.798. The summed E-state index contributed by atoms with van der Waals surface area (Å²) in [5.74, 6) is 1.13. The van der Waals surface area contributed by atoms with Gasteiger partial charge in [0.25, 0.3) is 0 Å². The molecule has 0 radical (unpaired) electrons. The first-order valence-electron chi connectivity index (χ1n) is 7.92. The van der Waals surface area contributed by atoms with E-state index in [1.807, 2.05) is 0 Å². The lowest BCUT2D eigenvalue weighted by Crippen LogP contribution is -2.44. The Morgan fingerprint density at radius 1 is 1.21 bits per heavy atom. The molecular weight excluding hydrogens is 238 g/mol. The maximum absolute atomic E-state index is 12.5. The second-order valence-electron chi connectivity index (χ2n) is 7.06. The fourth-order valence-corrected chi connectivity index (χ4v) is 3.42. The number of hydrogen-bond donors (Lipinski definition) is 1. The second-order valence-corrected chi connectivity index (χ2v) is 7.06. The van der Waals surface area contributed by atoms with Crippen LogP contribution in [-0.4, -0.2) is 25.2 Å². The van der Waals surface area contributed by atoms with E-state index in [4.69, 9.17) is 4.74 Å². The highest BCUT2D eigenvalue weighted by atomic mass is 16.5. The molecule has 0 bridgehead atoms. The number of ether oxygens (including phenoxy) is 1. The van der Waals surface area contributed by atoms with Crippen molar-refractivity contribution in [1.29, 1.82) is 0 Å². The molecule has 1 heterocycles. The van der Waals surface area contributed by atoms with Crippen LogP contribution in [0.15, 0.2) is 0 Å². The second kappa shape index (κ2) is 6.25. The van der Waals surface area contributed by atoms with E-state index in [-0.39, 0.29) is 17.5 Å². The highest BCUT2D eigenvalue weighted by Gasteiger charge is 2.40. The first-order chi connectivity index (χ1) is 9.00. The summed E-state index contributed by atoms with van der Waals surface area (Å²) in [5, 5.41) is 3.40. The molecule has 0 amide bonds. The Morgan fingerprint density at radius 3 is 2.63 bits per heavy atom. The van der Waals surface area contributed by atoms with Gasteiger partial charge in [0.15, 0.2) is 0 Å². The van der Waals surface area contributed by atoms with Crippen molar-refractivity contribution in [2.24, 2.45) is 17.3 Å². The van der Waals surface area contributed by atoms with Gasteiger partial charge in [0.1, 0.15) is 6.10 Å². The van der Waals surface area contributed by atoms with Crippen LogP contribution < -0.4 is 5.32 Å². The molecule has 1 saturated heterocycles. The first-order valence-corrected chi connectivity index (χ1v) is 7.92. The SMILES string of the molecule is CC1CCCC(OC(=O)C(C)(C)C2CCCNC2)C1. The van der Waals surface area contributed by atoms with E-state index in [9.17, 15) is 4.79 Å². The van der Waals surface area contributed by atoms with Gasteiger partial charge < -0.3 is 10.1 Å². The molecule has 110 valence electrons. The Balaban J connectivity index is 1.89. The third-order valence-corrected chi connectivity index (χ3v) is 5.01. The third-order valence-electron chi connectivity index (χ3n) is 5.01. The first kappa shape index (κ1) is 14.8. The average molecular weight is 267 g/mol. The van der Waals surface area contributed by atoms with E-state index in [1.54, 1.807) is 0 Å². The number of hydrogen-bond acceptors (Lipinski definition) is 3. The molecule has 1 saturated carbocycles. The molecule has 0 aromatic heterocycles. The molecule has 19 heavy (non-hydrogen) atoms. The normalized spacial score (nSPS) is 32.9.